The Labute approximate surface area is 170 Å². The highest BCUT2D eigenvalue weighted by atomic mass is 16.5. The molecule has 7 heteroatoms. The highest BCUT2D eigenvalue weighted by Gasteiger charge is 2.27. The zero-order valence-corrected chi connectivity index (χ0v) is 17.5. The molecule has 0 aliphatic heterocycles. The summed E-state index contributed by atoms with van der Waals surface area (Å²) >= 11 is 0. The summed E-state index contributed by atoms with van der Waals surface area (Å²) in [7, 11) is 1.57. The maximum atomic E-state index is 12.7. The van der Waals surface area contributed by atoms with Crippen LogP contribution in [0.15, 0.2) is 24.3 Å². The Morgan fingerprint density at radius 3 is 2.48 bits per heavy atom. The van der Waals surface area contributed by atoms with Gasteiger partial charge in [-0.15, -0.1) is 0 Å². The number of benzene rings is 1. The molecule has 1 N–H and O–H groups in total. The van der Waals surface area contributed by atoms with Crippen molar-refractivity contribution in [2.45, 2.75) is 46.6 Å². The number of ketones is 1. The Morgan fingerprint density at radius 2 is 1.83 bits per heavy atom. The third-order valence-electron chi connectivity index (χ3n) is 4.63. The summed E-state index contributed by atoms with van der Waals surface area (Å²) in [5, 5.41) is 0. The first-order chi connectivity index (χ1) is 13.8. The van der Waals surface area contributed by atoms with Gasteiger partial charge in [0.05, 0.1) is 25.0 Å². The normalized spacial score (nSPS) is 11.6. The summed E-state index contributed by atoms with van der Waals surface area (Å²) in [6, 6.07) is 7.42. The Hall–Kier alpha value is -3.09. The van der Waals surface area contributed by atoms with E-state index in [0.29, 0.717) is 29.0 Å². The molecular formula is C22H27NO6. The maximum Gasteiger partial charge on any atom is 0.340 e. The minimum atomic E-state index is -0.980. The Morgan fingerprint density at radius 1 is 1.14 bits per heavy atom. The van der Waals surface area contributed by atoms with Crippen LogP contribution >= 0.6 is 0 Å². The standard InChI is InChI=1S/C22H27NO6/c1-6-28-22(26)19-13(2)20(23-14(19)3)21(25)15(4)29-18(24)12-11-16-9-7-8-10-17(16)27-5/h7-10,15,23H,6,11-12H2,1-5H3/t15-/m1/s1. The van der Waals surface area contributed by atoms with Crippen molar-refractivity contribution in [1.29, 1.82) is 0 Å². The van der Waals surface area contributed by atoms with Crippen LogP contribution in [0.2, 0.25) is 0 Å². The number of rotatable bonds is 9. The topological polar surface area (TPSA) is 94.7 Å². The second kappa shape index (κ2) is 9.91. The van der Waals surface area contributed by atoms with Crippen molar-refractivity contribution in [3.8, 4) is 5.75 Å². The quantitative estimate of drug-likeness (QED) is 0.510. The van der Waals surface area contributed by atoms with Crippen LogP contribution in [0, 0.1) is 13.8 Å². The van der Waals surface area contributed by atoms with Gasteiger partial charge in [-0.25, -0.2) is 4.79 Å². The fourth-order valence-corrected chi connectivity index (χ4v) is 3.16. The van der Waals surface area contributed by atoms with Gasteiger partial charge in [-0.1, -0.05) is 18.2 Å². The van der Waals surface area contributed by atoms with Gasteiger partial charge in [0, 0.05) is 12.1 Å². The predicted octanol–water partition coefficient (Wildman–Crippen LogP) is 3.56. The highest BCUT2D eigenvalue weighted by Crippen LogP contribution is 2.22. The number of hydrogen-bond acceptors (Lipinski definition) is 6. The summed E-state index contributed by atoms with van der Waals surface area (Å²) in [6.07, 6.45) is -0.418. The lowest BCUT2D eigenvalue weighted by Gasteiger charge is -2.13. The van der Waals surface area contributed by atoms with E-state index in [0.717, 1.165) is 5.56 Å². The number of carbonyl (C=O) groups is 3. The number of ether oxygens (including phenoxy) is 3. The van der Waals surface area contributed by atoms with Gasteiger partial charge in [0.15, 0.2) is 6.10 Å². The molecule has 0 amide bonds. The third kappa shape index (κ3) is 5.25. The number of para-hydroxylation sites is 1. The summed E-state index contributed by atoms with van der Waals surface area (Å²) < 4.78 is 15.6. The fraction of sp³-hybridized carbons (Fsp3) is 0.409. The maximum absolute atomic E-state index is 12.7. The van der Waals surface area contributed by atoms with Crippen LogP contribution in [0.4, 0.5) is 0 Å². The number of hydrogen-bond donors (Lipinski definition) is 1. The van der Waals surface area contributed by atoms with Crippen molar-refractivity contribution in [2.24, 2.45) is 0 Å². The van der Waals surface area contributed by atoms with Crippen LogP contribution in [0.3, 0.4) is 0 Å². The zero-order valence-electron chi connectivity index (χ0n) is 17.5. The molecule has 1 atom stereocenters. The predicted molar refractivity (Wildman–Crippen MR) is 107 cm³/mol. The van der Waals surface area contributed by atoms with Crippen molar-refractivity contribution >= 4 is 17.7 Å². The van der Waals surface area contributed by atoms with E-state index < -0.39 is 23.8 Å². The van der Waals surface area contributed by atoms with Crippen molar-refractivity contribution in [2.75, 3.05) is 13.7 Å². The monoisotopic (exact) mass is 401 g/mol. The average Bonchev–Trinajstić information content (AvgIpc) is 3.00. The van der Waals surface area contributed by atoms with Crippen molar-refractivity contribution in [1.82, 2.24) is 4.98 Å². The summed E-state index contributed by atoms with van der Waals surface area (Å²) in [6.45, 7) is 6.84. The minimum Gasteiger partial charge on any atom is -0.496 e. The molecule has 2 rings (SSSR count). The molecule has 1 heterocycles. The van der Waals surface area contributed by atoms with Crippen LogP contribution in [0.25, 0.3) is 0 Å². The molecule has 2 aromatic rings. The van der Waals surface area contributed by atoms with Gasteiger partial charge < -0.3 is 19.2 Å². The number of aromatic nitrogens is 1. The van der Waals surface area contributed by atoms with Crippen molar-refractivity contribution in [3.63, 3.8) is 0 Å². The van der Waals surface area contributed by atoms with Gasteiger partial charge in [-0.05, 0) is 51.3 Å². The number of carbonyl (C=O) groups excluding carboxylic acids is 3. The van der Waals surface area contributed by atoms with E-state index in [1.807, 2.05) is 24.3 Å². The average molecular weight is 401 g/mol. The van der Waals surface area contributed by atoms with Gasteiger partial charge in [-0.3, -0.25) is 9.59 Å². The number of nitrogens with one attached hydrogen (secondary N) is 1. The molecule has 0 saturated heterocycles. The van der Waals surface area contributed by atoms with Gasteiger partial charge >= 0.3 is 11.9 Å². The third-order valence-corrected chi connectivity index (χ3v) is 4.63. The molecule has 0 bridgehead atoms. The van der Waals surface area contributed by atoms with Gasteiger partial charge in [0.1, 0.15) is 5.75 Å². The Bertz CT molecular complexity index is 899. The lowest BCUT2D eigenvalue weighted by Crippen LogP contribution is -2.25. The molecule has 0 radical (unpaired) electrons. The highest BCUT2D eigenvalue weighted by molar-refractivity contribution is 6.03. The number of Topliss-reactive ketones (excluding diaryl/α,β-unsaturated/α-hetero) is 1. The van der Waals surface area contributed by atoms with Crippen LogP contribution in [-0.4, -0.2) is 42.5 Å². The summed E-state index contributed by atoms with van der Waals surface area (Å²) in [5.74, 6) is -0.664. The molecule has 29 heavy (non-hydrogen) atoms. The summed E-state index contributed by atoms with van der Waals surface area (Å²) in [4.78, 5) is 40.0. The van der Waals surface area contributed by atoms with E-state index in [9.17, 15) is 14.4 Å². The molecule has 1 aromatic carbocycles. The Kier molecular flexibility index (Phi) is 7.59. The molecule has 7 nitrogen and oxygen atoms in total. The number of methoxy groups -OCH3 is 1. The molecule has 1 aromatic heterocycles. The lowest BCUT2D eigenvalue weighted by molar-refractivity contribution is -0.146. The molecular weight excluding hydrogens is 374 g/mol. The van der Waals surface area contributed by atoms with E-state index in [1.54, 1.807) is 27.9 Å². The van der Waals surface area contributed by atoms with Gasteiger partial charge in [-0.2, -0.15) is 0 Å². The van der Waals surface area contributed by atoms with E-state index in [2.05, 4.69) is 4.98 Å². The van der Waals surface area contributed by atoms with E-state index in [4.69, 9.17) is 14.2 Å². The second-order valence-electron chi connectivity index (χ2n) is 6.65. The molecule has 0 fully saturated rings. The van der Waals surface area contributed by atoms with E-state index >= 15 is 0 Å². The van der Waals surface area contributed by atoms with Crippen LogP contribution < -0.4 is 4.74 Å². The molecule has 0 unspecified atom stereocenters. The van der Waals surface area contributed by atoms with Gasteiger partial charge in [0.2, 0.25) is 5.78 Å². The largest absolute Gasteiger partial charge is 0.496 e. The fourth-order valence-electron chi connectivity index (χ4n) is 3.16. The van der Waals surface area contributed by atoms with Crippen LogP contribution in [-0.2, 0) is 20.7 Å². The number of aromatic amines is 1. The lowest BCUT2D eigenvalue weighted by atomic mass is 10.1. The second-order valence-corrected chi connectivity index (χ2v) is 6.65. The molecule has 0 aliphatic carbocycles. The van der Waals surface area contributed by atoms with Gasteiger partial charge in [0.25, 0.3) is 0 Å². The van der Waals surface area contributed by atoms with E-state index in [1.165, 1.54) is 6.92 Å². The van der Waals surface area contributed by atoms with E-state index in [-0.39, 0.29) is 18.7 Å². The SMILES string of the molecule is CCOC(=O)c1c(C)[nH]c(C(=O)[C@@H](C)OC(=O)CCc2ccccc2OC)c1C. The molecule has 0 spiro atoms. The number of aryl methyl sites for hydroxylation is 2. The molecule has 156 valence electrons. The minimum absolute atomic E-state index is 0.120. The van der Waals surface area contributed by atoms with Crippen molar-refractivity contribution in [3.05, 3.63) is 52.3 Å². The number of esters is 2. The first kappa shape index (κ1) is 22.2. The Balaban J connectivity index is 2.02. The van der Waals surface area contributed by atoms with Crippen LogP contribution in [0.1, 0.15) is 57.9 Å². The first-order valence-corrected chi connectivity index (χ1v) is 9.51. The molecule has 0 saturated carbocycles. The summed E-state index contributed by atoms with van der Waals surface area (Å²) in [5.41, 5.74) is 2.50. The first-order valence-electron chi connectivity index (χ1n) is 9.51. The van der Waals surface area contributed by atoms with Crippen LogP contribution in [0.5, 0.6) is 5.75 Å². The molecule has 0 aliphatic rings. The zero-order chi connectivity index (χ0) is 21.6. The van der Waals surface area contributed by atoms with Crippen molar-refractivity contribution < 1.29 is 28.6 Å². The smallest absolute Gasteiger partial charge is 0.340 e. The number of H-pyrrole nitrogens is 1.